The standard InChI is InChI=1S/C24H17BrFNO3S2/c1-29-21-11-16(7-10-20(21)30-14-15-5-8-18(26)9-6-15)12-22-23(28)27(24(31)32-22)19-4-2-3-17(25)13-19/h2-13H,14H2,1H3/b22-12-. The van der Waals surface area contributed by atoms with E-state index in [9.17, 15) is 9.18 Å². The molecular weight excluding hydrogens is 513 g/mol. The summed E-state index contributed by atoms with van der Waals surface area (Å²) in [5, 5.41) is 0. The Morgan fingerprint density at radius 2 is 1.88 bits per heavy atom. The summed E-state index contributed by atoms with van der Waals surface area (Å²) in [6.45, 7) is 0.279. The molecule has 1 fully saturated rings. The Bertz CT molecular complexity index is 1210. The van der Waals surface area contributed by atoms with Gasteiger partial charge in [-0.05, 0) is 59.7 Å². The van der Waals surface area contributed by atoms with Crippen molar-refractivity contribution in [2.24, 2.45) is 0 Å². The van der Waals surface area contributed by atoms with E-state index in [1.54, 1.807) is 37.5 Å². The number of halogens is 2. The van der Waals surface area contributed by atoms with E-state index in [1.807, 2.05) is 30.3 Å². The molecule has 1 saturated heterocycles. The summed E-state index contributed by atoms with van der Waals surface area (Å²) in [5.41, 5.74) is 2.34. The molecule has 1 aliphatic rings. The summed E-state index contributed by atoms with van der Waals surface area (Å²) in [6.07, 6.45) is 1.78. The molecule has 0 atom stereocenters. The number of ether oxygens (including phenoxy) is 2. The lowest BCUT2D eigenvalue weighted by molar-refractivity contribution is -0.113. The first-order valence-corrected chi connectivity index (χ1v) is 11.5. The van der Waals surface area contributed by atoms with Gasteiger partial charge in [0.2, 0.25) is 0 Å². The Balaban J connectivity index is 1.53. The molecule has 0 bridgehead atoms. The molecule has 1 heterocycles. The lowest BCUT2D eigenvalue weighted by Gasteiger charge is -2.14. The molecule has 0 aromatic heterocycles. The monoisotopic (exact) mass is 529 g/mol. The normalized spacial score (nSPS) is 14.8. The number of nitrogens with zero attached hydrogens (tertiary/aromatic N) is 1. The fourth-order valence-corrected chi connectivity index (χ4v) is 4.78. The topological polar surface area (TPSA) is 38.8 Å². The molecule has 1 aliphatic heterocycles. The molecule has 162 valence electrons. The van der Waals surface area contributed by atoms with Gasteiger partial charge in [-0.25, -0.2) is 4.39 Å². The lowest BCUT2D eigenvalue weighted by atomic mass is 10.1. The van der Waals surface area contributed by atoms with E-state index >= 15 is 0 Å². The van der Waals surface area contributed by atoms with Gasteiger partial charge in [0.15, 0.2) is 15.8 Å². The van der Waals surface area contributed by atoms with Crippen molar-refractivity contribution >= 4 is 61.9 Å². The van der Waals surface area contributed by atoms with Gasteiger partial charge in [-0.2, -0.15) is 0 Å². The highest BCUT2D eigenvalue weighted by molar-refractivity contribution is 9.10. The molecule has 0 saturated carbocycles. The summed E-state index contributed by atoms with van der Waals surface area (Å²) in [7, 11) is 1.55. The molecule has 0 radical (unpaired) electrons. The Morgan fingerprint density at radius 1 is 1.09 bits per heavy atom. The zero-order valence-corrected chi connectivity index (χ0v) is 20.1. The Morgan fingerprint density at radius 3 is 2.59 bits per heavy atom. The van der Waals surface area contributed by atoms with Crippen LogP contribution in [0.25, 0.3) is 6.08 Å². The van der Waals surface area contributed by atoms with Crippen LogP contribution in [0.4, 0.5) is 10.1 Å². The zero-order chi connectivity index (χ0) is 22.7. The molecule has 0 spiro atoms. The third-order valence-corrected chi connectivity index (χ3v) is 6.45. The molecule has 8 heteroatoms. The van der Waals surface area contributed by atoms with Crippen molar-refractivity contribution in [3.05, 3.63) is 93.1 Å². The second kappa shape index (κ2) is 9.85. The van der Waals surface area contributed by atoms with E-state index in [0.717, 1.165) is 15.6 Å². The number of rotatable bonds is 6. The summed E-state index contributed by atoms with van der Waals surface area (Å²) in [5.74, 6) is 0.619. The van der Waals surface area contributed by atoms with Crippen LogP contribution in [0, 0.1) is 5.82 Å². The molecule has 0 aliphatic carbocycles. The van der Waals surface area contributed by atoms with Gasteiger partial charge in [0.25, 0.3) is 5.91 Å². The number of hydrogen-bond acceptors (Lipinski definition) is 5. The largest absolute Gasteiger partial charge is 0.493 e. The van der Waals surface area contributed by atoms with Gasteiger partial charge in [-0.15, -0.1) is 0 Å². The van der Waals surface area contributed by atoms with Crippen LogP contribution in [0.5, 0.6) is 11.5 Å². The minimum atomic E-state index is -0.291. The second-order valence-corrected chi connectivity index (χ2v) is 9.41. The van der Waals surface area contributed by atoms with Crippen molar-refractivity contribution in [3.8, 4) is 11.5 Å². The highest BCUT2D eigenvalue weighted by Gasteiger charge is 2.33. The summed E-state index contributed by atoms with van der Waals surface area (Å²) in [4.78, 5) is 15.0. The molecule has 1 amide bonds. The first kappa shape index (κ1) is 22.5. The van der Waals surface area contributed by atoms with Gasteiger partial charge < -0.3 is 9.47 Å². The summed E-state index contributed by atoms with van der Waals surface area (Å²) >= 11 is 10.1. The van der Waals surface area contributed by atoms with Crippen molar-refractivity contribution in [1.82, 2.24) is 0 Å². The van der Waals surface area contributed by atoms with Crippen molar-refractivity contribution < 1.29 is 18.7 Å². The van der Waals surface area contributed by atoms with Crippen LogP contribution in [-0.2, 0) is 11.4 Å². The van der Waals surface area contributed by atoms with Crippen LogP contribution in [0.15, 0.2) is 76.1 Å². The highest BCUT2D eigenvalue weighted by atomic mass is 79.9. The van der Waals surface area contributed by atoms with Crippen LogP contribution in [0.1, 0.15) is 11.1 Å². The summed E-state index contributed by atoms with van der Waals surface area (Å²) in [6, 6.07) is 19.0. The number of benzene rings is 3. The average molecular weight is 530 g/mol. The first-order chi connectivity index (χ1) is 15.4. The quantitative estimate of drug-likeness (QED) is 0.266. The van der Waals surface area contributed by atoms with E-state index in [4.69, 9.17) is 21.7 Å². The number of carbonyl (C=O) groups is 1. The molecule has 32 heavy (non-hydrogen) atoms. The number of hydrogen-bond donors (Lipinski definition) is 0. The third kappa shape index (κ3) is 5.03. The molecule has 0 unspecified atom stereocenters. The first-order valence-electron chi connectivity index (χ1n) is 9.53. The van der Waals surface area contributed by atoms with Gasteiger partial charge in [0.05, 0.1) is 17.7 Å². The van der Waals surface area contributed by atoms with Crippen molar-refractivity contribution in [1.29, 1.82) is 0 Å². The number of carbonyl (C=O) groups excluding carboxylic acids is 1. The Hall–Kier alpha value is -2.68. The van der Waals surface area contributed by atoms with Crippen molar-refractivity contribution in [2.75, 3.05) is 12.0 Å². The van der Waals surface area contributed by atoms with Gasteiger partial charge in [0, 0.05) is 4.47 Å². The van der Waals surface area contributed by atoms with Crippen LogP contribution < -0.4 is 14.4 Å². The van der Waals surface area contributed by atoms with Crippen LogP contribution >= 0.6 is 39.9 Å². The van der Waals surface area contributed by atoms with Gasteiger partial charge in [-0.3, -0.25) is 9.69 Å². The maximum Gasteiger partial charge on any atom is 0.270 e. The maximum atomic E-state index is 13.1. The van der Waals surface area contributed by atoms with E-state index in [-0.39, 0.29) is 18.3 Å². The number of methoxy groups -OCH3 is 1. The zero-order valence-electron chi connectivity index (χ0n) is 16.9. The Labute approximate surface area is 203 Å². The number of thiocarbonyl (C=S) groups is 1. The molecule has 4 nitrogen and oxygen atoms in total. The molecular formula is C24H17BrFNO3S2. The SMILES string of the molecule is COc1cc(/C=C2\SC(=S)N(c3cccc(Br)c3)C2=O)ccc1OCc1ccc(F)cc1. The minimum Gasteiger partial charge on any atom is -0.493 e. The number of thioether (sulfide) groups is 1. The average Bonchev–Trinajstić information content (AvgIpc) is 3.06. The van der Waals surface area contributed by atoms with E-state index in [0.29, 0.717) is 26.4 Å². The summed E-state index contributed by atoms with van der Waals surface area (Å²) < 4.78 is 25.7. The highest BCUT2D eigenvalue weighted by Crippen LogP contribution is 2.38. The maximum absolute atomic E-state index is 13.1. The van der Waals surface area contributed by atoms with E-state index < -0.39 is 0 Å². The smallest absolute Gasteiger partial charge is 0.270 e. The molecule has 3 aromatic carbocycles. The van der Waals surface area contributed by atoms with Crippen molar-refractivity contribution in [3.63, 3.8) is 0 Å². The van der Waals surface area contributed by atoms with Crippen LogP contribution in [0.3, 0.4) is 0 Å². The lowest BCUT2D eigenvalue weighted by Crippen LogP contribution is -2.27. The predicted octanol–water partition coefficient (Wildman–Crippen LogP) is 6.58. The third-order valence-electron chi connectivity index (χ3n) is 4.65. The van der Waals surface area contributed by atoms with Crippen LogP contribution in [-0.4, -0.2) is 17.3 Å². The van der Waals surface area contributed by atoms with E-state index in [1.165, 1.54) is 28.8 Å². The molecule has 4 rings (SSSR count). The fourth-order valence-electron chi connectivity index (χ4n) is 3.09. The molecule has 0 N–H and O–H groups in total. The van der Waals surface area contributed by atoms with Gasteiger partial charge >= 0.3 is 0 Å². The van der Waals surface area contributed by atoms with Crippen molar-refractivity contribution in [2.45, 2.75) is 6.61 Å². The molecule has 3 aromatic rings. The van der Waals surface area contributed by atoms with E-state index in [2.05, 4.69) is 15.9 Å². The predicted molar refractivity (Wildman–Crippen MR) is 134 cm³/mol. The second-order valence-electron chi connectivity index (χ2n) is 6.82. The number of anilines is 1. The van der Waals surface area contributed by atoms with Crippen LogP contribution in [0.2, 0.25) is 0 Å². The number of amides is 1. The Kier molecular flexibility index (Phi) is 6.93. The minimum absolute atomic E-state index is 0.172. The van der Waals surface area contributed by atoms with Gasteiger partial charge in [0.1, 0.15) is 12.4 Å². The van der Waals surface area contributed by atoms with Gasteiger partial charge in [-0.1, -0.05) is 64.2 Å². The fraction of sp³-hybridized carbons (Fsp3) is 0.0833.